The number of carboxylic acid groups (broad SMARTS) is 1. The summed E-state index contributed by atoms with van der Waals surface area (Å²) < 4.78 is 0. The molecule has 1 rings (SSSR count). The van der Waals surface area contributed by atoms with Gasteiger partial charge in [-0.25, -0.2) is 4.79 Å². The van der Waals surface area contributed by atoms with E-state index in [4.69, 9.17) is 5.11 Å². The minimum atomic E-state index is -1.10. The van der Waals surface area contributed by atoms with E-state index in [1.165, 1.54) is 18.9 Å². The highest BCUT2D eigenvalue weighted by Gasteiger charge is 2.34. The molecule has 96 valence electrons. The predicted octanol–water partition coefficient (Wildman–Crippen LogP) is -0.620. The summed E-state index contributed by atoms with van der Waals surface area (Å²) in [6.07, 6.45) is 1.35. The SMILES string of the molecule is CNC(=O)C1CCCN1C(=O)N[C@H](C)C(=O)O. The minimum absolute atomic E-state index is 0.222. The highest BCUT2D eigenvalue weighted by molar-refractivity contribution is 5.89. The molecule has 0 aliphatic carbocycles. The molecule has 0 bridgehead atoms. The molecule has 2 atom stereocenters. The van der Waals surface area contributed by atoms with Crippen LogP contribution in [-0.4, -0.2) is 53.6 Å². The minimum Gasteiger partial charge on any atom is -0.480 e. The van der Waals surface area contributed by atoms with E-state index >= 15 is 0 Å². The van der Waals surface area contributed by atoms with E-state index in [1.54, 1.807) is 0 Å². The molecule has 3 N–H and O–H groups in total. The molecule has 1 saturated heterocycles. The van der Waals surface area contributed by atoms with Crippen molar-refractivity contribution in [1.29, 1.82) is 0 Å². The van der Waals surface area contributed by atoms with E-state index in [0.29, 0.717) is 13.0 Å². The summed E-state index contributed by atoms with van der Waals surface area (Å²) in [5.41, 5.74) is 0. The first-order valence-electron chi connectivity index (χ1n) is 5.49. The maximum Gasteiger partial charge on any atom is 0.325 e. The van der Waals surface area contributed by atoms with Crippen molar-refractivity contribution < 1.29 is 19.5 Å². The molecule has 7 heteroatoms. The number of carbonyl (C=O) groups excluding carboxylic acids is 2. The van der Waals surface area contributed by atoms with Crippen molar-refractivity contribution in [2.45, 2.75) is 31.8 Å². The van der Waals surface area contributed by atoms with Gasteiger partial charge in [-0.1, -0.05) is 0 Å². The van der Waals surface area contributed by atoms with Crippen molar-refractivity contribution in [3.05, 3.63) is 0 Å². The fraction of sp³-hybridized carbons (Fsp3) is 0.700. The molecule has 1 heterocycles. The Morgan fingerprint density at radius 1 is 1.41 bits per heavy atom. The lowest BCUT2D eigenvalue weighted by molar-refractivity contribution is -0.138. The van der Waals surface area contributed by atoms with Gasteiger partial charge in [0.05, 0.1) is 0 Å². The molecule has 0 radical (unpaired) electrons. The van der Waals surface area contributed by atoms with Gasteiger partial charge in [0.1, 0.15) is 12.1 Å². The second kappa shape index (κ2) is 5.51. The van der Waals surface area contributed by atoms with Crippen molar-refractivity contribution in [2.24, 2.45) is 0 Å². The van der Waals surface area contributed by atoms with Gasteiger partial charge < -0.3 is 20.6 Å². The molecule has 0 aromatic carbocycles. The number of urea groups is 1. The zero-order chi connectivity index (χ0) is 13.0. The molecule has 3 amide bonds. The molecule has 0 spiro atoms. The van der Waals surface area contributed by atoms with Crippen LogP contribution in [0.2, 0.25) is 0 Å². The largest absolute Gasteiger partial charge is 0.480 e. The van der Waals surface area contributed by atoms with Gasteiger partial charge in [-0.15, -0.1) is 0 Å². The number of likely N-dealkylation sites (tertiary alicyclic amines) is 1. The smallest absolute Gasteiger partial charge is 0.325 e. The van der Waals surface area contributed by atoms with Crippen molar-refractivity contribution in [2.75, 3.05) is 13.6 Å². The van der Waals surface area contributed by atoms with Crippen LogP contribution in [0, 0.1) is 0 Å². The van der Waals surface area contributed by atoms with E-state index < -0.39 is 24.1 Å². The van der Waals surface area contributed by atoms with Gasteiger partial charge in [-0.3, -0.25) is 9.59 Å². The lowest BCUT2D eigenvalue weighted by atomic mass is 10.2. The lowest BCUT2D eigenvalue weighted by Crippen LogP contribution is -2.52. The Kier molecular flexibility index (Phi) is 4.30. The van der Waals surface area contributed by atoms with Crippen molar-refractivity contribution in [3.8, 4) is 0 Å². The molecule has 1 aliphatic rings. The van der Waals surface area contributed by atoms with E-state index in [0.717, 1.165) is 6.42 Å². The normalized spacial score (nSPS) is 20.8. The maximum absolute atomic E-state index is 11.8. The molecule has 7 nitrogen and oxygen atoms in total. The second-order valence-corrected chi connectivity index (χ2v) is 3.98. The van der Waals surface area contributed by atoms with Crippen LogP contribution in [0.25, 0.3) is 0 Å². The van der Waals surface area contributed by atoms with Gasteiger partial charge >= 0.3 is 12.0 Å². The standard InChI is InChI=1S/C10H17N3O4/c1-6(9(15)16)12-10(17)13-5-3-4-7(13)8(14)11-2/h6-7H,3-5H2,1-2H3,(H,11,14)(H,12,17)(H,15,16)/t6-,7?/m1/s1. The summed E-state index contributed by atoms with van der Waals surface area (Å²) in [6.45, 7) is 1.85. The molecule has 0 aromatic rings. The summed E-state index contributed by atoms with van der Waals surface area (Å²) in [6, 6.07) is -1.97. The van der Waals surface area contributed by atoms with Gasteiger partial charge in [0.15, 0.2) is 0 Å². The number of likely N-dealkylation sites (N-methyl/N-ethyl adjacent to an activating group) is 1. The van der Waals surface area contributed by atoms with Crippen LogP contribution in [0.4, 0.5) is 4.79 Å². The summed E-state index contributed by atoms with van der Waals surface area (Å²) >= 11 is 0. The van der Waals surface area contributed by atoms with Crippen molar-refractivity contribution in [1.82, 2.24) is 15.5 Å². The van der Waals surface area contributed by atoms with Crippen LogP contribution in [0.1, 0.15) is 19.8 Å². The number of carbonyl (C=O) groups is 3. The van der Waals surface area contributed by atoms with Crippen molar-refractivity contribution >= 4 is 17.9 Å². The van der Waals surface area contributed by atoms with Crippen LogP contribution in [-0.2, 0) is 9.59 Å². The van der Waals surface area contributed by atoms with Crippen LogP contribution < -0.4 is 10.6 Å². The molecule has 17 heavy (non-hydrogen) atoms. The Hall–Kier alpha value is -1.79. The maximum atomic E-state index is 11.8. The Bertz CT molecular complexity index is 332. The Labute approximate surface area is 99.2 Å². The zero-order valence-electron chi connectivity index (χ0n) is 9.90. The number of nitrogens with zero attached hydrogens (tertiary/aromatic N) is 1. The molecule has 0 aromatic heterocycles. The number of hydrogen-bond donors (Lipinski definition) is 3. The van der Waals surface area contributed by atoms with E-state index in [2.05, 4.69) is 10.6 Å². The highest BCUT2D eigenvalue weighted by Crippen LogP contribution is 2.17. The topological polar surface area (TPSA) is 98.7 Å². The van der Waals surface area contributed by atoms with E-state index in [-0.39, 0.29) is 5.91 Å². The molecule has 1 fully saturated rings. The zero-order valence-corrected chi connectivity index (χ0v) is 9.90. The van der Waals surface area contributed by atoms with Gasteiger partial charge in [-0.2, -0.15) is 0 Å². The van der Waals surface area contributed by atoms with Crippen LogP contribution in [0.3, 0.4) is 0 Å². The fourth-order valence-corrected chi connectivity index (χ4v) is 1.78. The van der Waals surface area contributed by atoms with Gasteiger partial charge in [0.25, 0.3) is 0 Å². The third-order valence-corrected chi connectivity index (χ3v) is 2.77. The van der Waals surface area contributed by atoms with Gasteiger partial charge in [-0.05, 0) is 19.8 Å². The van der Waals surface area contributed by atoms with Gasteiger partial charge in [0, 0.05) is 13.6 Å². The first kappa shape index (κ1) is 13.3. The van der Waals surface area contributed by atoms with Gasteiger partial charge in [0.2, 0.25) is 5.91 Å². The number of amides is 3. The summed E-state index contributed by atoms with van der Waals surface area (Å²) in [5.74, 6) is -1.32. The summed E-state index contributed by atoms with van der Waals surface area (Å²) in [4.78, 5) is 35.2. The Morgan fingerprint density at radius 2 is 2.06 bits per heavy atom. The average molecular weight is 243 g/mol. The molecular weight excluding hydrogens is 226 g/mol. The third-order valence-electron chi connectivity index (χ3n) is 2.77. The number of aliphatic carboxylic acids is 1. The molecular formula is C10H17N3O4. The van der Waals surface area contributed by atoms with Crippen LogP contribution in [0.5, 0.6) is 0 Å². The monoisotopic (exact) mass is 243 g/mol. The summed E-state index contributed by atoms with van der Waals surface area (Å²) in [5, 5.41) is 13.5. The second-order valence-electron chi connectivity index (χ2n) is 3.98. The van der Waals surface area contributed by atoms with E-state index in [9.17, 15) is 14.4 Å². The lowest BCUT2D eigenvalue weighted by Gasteiger charge is -2.24. The fourth-order valence-electron chi connectivity index (χ4n) is 1.78. The van der Waals surface area contributed by atoms with E-state index in [1.807, 2.05) is 0 Å². The molecule has 1 unspecified atom stereocenters. The number of carboxylic acids is 1. The quantitative estimate of drug-likeness (QED) is 0.615. The molecule has 0 saturated carbocycles. The Morgan fingerprint density at radius 3 is 2.59 bits per heavy atom. The number of nitrogens with one attached hydrogen (secondary N) is 2. The third kappa shape index (κ3) is 3.08. The highest BCUT2D eigenvalue weighted by atomic mass is 16.4. The van der Waals surface area contributed by atoms with Crippen LogP contribution in [0.15, 0.2) is 0 Å². The number of rotatable bonds is 3. The van der Waals surface area contributed by atoms with Crippen molar-refractivity contribution in [3.63, 3.8) is 0 Å². The Balaban J connectivity index is 2.62. The van der Waals surface area contributed by atoms with Crippen LogP contribution >= 0.6 is 0 Å². The summed E-state index contributed by atoms with van der Waals surface area (Å²) in [7, 11) is 1.51. The first-order valence-corrected chi connectivity index (χ1v) is 5.49. The first-order chi connectivity index (χ1) is 7.97. The predicted molar refractivity (Wildman–Crippen MR) is 59.4 cm³/mol. The molecule has 1 aliphatic heterocycles. The average Bonchev–Trinajstić information content (AvgIpc) is 2.76. The number of hydrogen-bond acceptors (Lipinski definition) is 3.